The van der Waals surface area contributed by atoms with E-state index in [4.69, 9.17) is 10.8 Å². The lowest BCUT2D eigenvalue weighted by molar-refractivity contribution is 0.0392. The molecule has 74 valence electrons. The first kappa shape index (κ1) is 9.02. The predicted octanol–water partition coefficient (Wildman–Crippen LogP) is 1.52. The van der Waals surface area contributed by atoms with E-state index in [9.17, 15) is 4.79 Å². The first-order valence-electron chi connectivity index (χ1n) is 4.37. The molecule has 1 aliphatic carbocycles. The fraction of sp³-hybridized carbons (Fsp3) is 0.300. The SMILES string of the molecule is NC1(OC(=O)O)CC1c1ccccc1. The zero-order chi connectivity index (χ0) is 10.2. The Morgan fingerprint density at radius 3 is 2.71 bits per heavy atom. The lowest BCUT2D eigenvalue weighted by Crippen LogP contribution is -2.30. The van der Waals surface area contributed by atoms with Crippen molar-refractivity contribution in [1.29, 1.82) is 0 Å². The Morgan fingerprint density at radius 2 is 2.14 bits per heavy atom. The highest BCUT2D eigenvalue weighted by molar-refractivity contribution is 5.58. The molecular weight excluding hydrogens is 182 g/mol. The maximum atomic E-state index is 10.3. The molecule has 0 saturated heterocycles. The average Bonchev–Trinajstić information content (AvgIpc) is 2.77. The Bertz CT molecular complexity index is 352. The van der Waals surface area contributed by atoms with E-state index in [1.165, 1.54) is 0 Å². The van der Waals surface area contributed by atoms with E-state index < -0.39 is 11.9 Å². The topological polar surface area (TPSA) is 72.5 Å². The number of carbonyl (C=O) groups is 1. The number of benzene rings is 1. The van der Waals surface area contributed by atoms with Gasteiger partial charge < -0.3 is 9.84 Å². The molecule has 0 radical (unpaired) electrons. The third-order valence-electron chi connectivity index (χ3n) is 2.43. The molecule has 2 unspecified atom stereocenters. The van der Waals surface area contributed by atoms with E-state index in [1.54, 1.807) is 0 Å². The van der Waals surface area contributed by atoms with E-state index in [0.717, 1.165) is 5.56 Å². The summed E-state index contributed by atoms with van der Waals surface area (Å²) < 4.78 is 4.61. The molecule has 4 heteroatoms. The van der Waals surface area contributed by atoms with Crippen molar-refractivity contribution in [3.63, 3.8) is 0 Å². The van der Waals surface area contributed by atoms with Crippen molar-refractivity contribution >= 4 is 6.16 Å². The highest BCUT2D eigenvalue weighted by Crippen LogP contribution is 2.50. The van der Waals surface area contributed by atoms with E-state index in [0.29, 0.717) is 6.42 Å². The van der Waals surface area contributed by atoms with Crippen LogP contribution in [0.5, 0.6) is 0 Å². The summed E-state index contributed by atoms with van der Waals surface area (Å²) in [4.78, 5) is 10.3. The molecule has 14 heavy (non-hydrogen) atoms. The Balaban J connectivity index is 2.08. The van der Waals surface area contributed by atoms with Gasteiger partial charge in [0.05, 0.1) is 0 Å². The molecular formula is C10H11NO3. The molecule has 1 aromatic rings. The first-order chi connectivity index (χ1) is 6.62. The van der Waals surface area contributed by atoms with Crippen LogP contribution in [0.2, 0.25) is 0 Å². The fourth-order valence-corrected chi connectivity index (χ4v) is 1.62. The second-order valence-electron chi connectivity index (χ2n) is 3.49. The van der Waals surface area contributed by atoms with Crippen LogP contribution in [-0.4, -0.2) is 17.0 Å². The second-order valence-corrected chi connectivity index (χ2v) is 3.49. The van der Waals surface area contributed by atoms with Gasteiger partial charge in [-0.1, -0.05) is 30.3 Å². The van der Waals surface area contributed by atoms with Crippen molar-refractivity contribution in [3.05, 3.63) is 35.9 Å². The molecule has 1 aliphatic rings. The Hall–Kier alpha value is -1.55. The van der Waals surface area contributed by atoms with Gasteiger partial charge in [-0.2, -0.15) is 0 Å². The van der Waals surface area contributed by atoms with Gasteiger partial charge in [-0.05, 0) is 5.56 Å². The van der Waals surface area contributed by atoms with Gasteiger partial charge in [-0.3, -0.25) is 5.73 Å². The summed E-state index contributed by atoms with van der Waals surface area (Å²) in [6, 6.07) is 9.54. The van der Waals surface area contributed by atoms with Crippen molar-refractivity contribution in [2.45, 2.75) is 18.1 Å². The normalized spacial score (nSPS) is 29.6. The van der Waals surface area contributed by atoms with Crippen molar-refractivity contribution in [1.82, 2.24) is 0 Å². The summed E-state index contributed by atoms with van der Waals surface area (Å²) in [6.45, 7) is 0. The minimum atomic E-state index is -1.31. The molecule has 0 amide bonds. The average molecular weight is 193 g/mol. The molecule has 0 heterocycles. The quantitative estimate of drug-likeness (QED) is 0.551. The summed E-state index contributed by atoms with van der Waals surface area (Å²) in [5.74, 6) is -0.000185. The zero-order valence-corrected chi connectivity index (χ0v) is 7.51. The third kappa shape index (κ3) is 1.56. The summed E-state index contributed by atoms with van der Waals surface area (Å²) in [6.07, 6.45) is -0.755. The van der Waals surface area contributed by atoms with Crippen LogP contribution in [0.3, 0.4) is 0 Å². The molecule has 0 spiro atoms. The van der Waals surface area contributed by atoms with Gasteiger partial charge in [0.1, 0.15) is 0 Å². The molecule has 2 rings (SSSR count). The van der Waals surface area contributed by atoms with Crippen molar-refractivity contribution in [2.24, 2.45) is 5.73 Å². The molecule has 3 N–H and O–H groups in total. The lowest BCUT2D eigenvalue weighted by atomic mass is 10.1. The molecule has 0 aromatic heterocycles. The fourth-order valence-electron chi connectivity index (χ4n) is 1.62. The number of rotatable bonds is 2. The zero-order valence-electron chi connectivity index (χ0n) is 7.51. The van der Waals surface area contributed by atoms with E-state index in [2.05, 4.69) is 4.74 Å². The number of carboxylic acid groups (broad SMARTS) is 1. The standard InChI is InChI=1S/C10H11NO3/c11-10(14-9(12)13)6-8(10)7-4-2-1-3-5-7/h1-5,8H,6,11H2,(H,12,13). The molecule has 4 nitrogen and oxygen atoms in total. The number of hydrogen-bond acceptors (Lipinski definition) is 3. The van der Waals surface area contributed by atoms with Gasteiger partial charge in [0.25, 0.3) is 0 Å². The van der Waals surface area contributed by atoms with Gasteiger partial charge in [-0.15, -0.1) is 0 Å². The predicted molar refractivity (Wildman–Crippen MR) is 49.8 cm³/mol. The Morgan fingerprint density at radius 1 is 1.50 bits per heavy atom. The van der Waals surface area contributed by atoms with Gasteiger partial charge >= 0.3 is 6.16 Å². The van der Waals surface area contributed by atoms with Gasteiger partial charge in [-0.25, -0.2) is 4.79 Å². The minimum absolute atomic E-state index is 0.000185. The number of nitrogens with two attached hydrogens (primary N) is 1. The van der Waals surface area contributed by atoms with Gasteiger partial charge in [0.2, 0.25) is 0 Å². The van der Waals surface area contributed by atoms with Crippen molar-refractivity contribution in [2.75, 3.05) is 0 Å². The van der Waals surface area contributed by atoms with Crippen molar-refractivity contribution < 1.29 is 14.6 Å². The highest BCUT2D eigenvalue weighted by atomic mass is 16.7. The van der Waals surface area contributed by atoms with Gasteiger partial charge in [0, 0.05) is 12.3 Å². The molecule has 2 atom stereocenters. The highest BCUT2D eigenvalue weighted by Gasteiger charge is 2.56. The largest absolute Gasteiger partial charge is 0.507 e. The Kier molecular flexibility index (Phi) is 1.93. The lowest BCUT2D eigenvalue weighted by Gasteiger charge is -2.09. The number of ether oxygens (including phenoxy) is 1. The van der Waals surface area contributed by atoms with Crippen LogP contribution in [0.15, 0.2) is 30.3 Å². The monoisotopic (exact) mass is 193 g/mol. The number of hydrogen-bond donors (Lipinski definition) is 2. The molecule has 0 bridgehead atoms. The maximum Gasteiger partial charge on any atom is 0.507 e. The molecule has 1 aromatic carbocycles. The van der Waals surface area contributed by atoms with E-state index >= 15 is 0 Å². The molecule has 0 aliphatic heterocycles. The van der Waals surface area contributed by atoms with Gasteiger partial charge in [0.15, 0.2) is 5.72 Å². The summed E-state index contributed by atoms with van der Waals surface area (Å²) in [5, 5.41) is 8.45. The van der Waals surface area contributed by atoms with Crippen LogP contribution >= 0.6 is 0 Å². The minimum Gasteiger partial charge on any atom is -0.450 e. The van der Waals surface area contributed by atoms with Crippen LogP contribution in [0.25, 0.3) is 0 Å². The van der Waals surface area contributed by atoms with E-state index in [-0.39, 0.29) is 5.92 Å². The smallest absolute Gasteiger partial charge is 0.450 e. The summed E-state index contributed by atoms with van der Waals surface area (Å²) >= 11 is 0. The maximum absolute atomic E-state index is 10.3. The third-order valence-corrected chi connectivity index (χ3v) is 2.43. The summed E-state index contributed by atoms with van der Waals surface area (Å²) in [7, 11) is 0. The summed E-state index contributed by atoms with van der Waals surface area (Å²) in [5.41, 5.74) is 5.74. The van der Waals surface area contributed by atoms with Crippen LogP contribution in [0.4, 0.5) is 4.79 Å². The Labute approximate surface area is 81.3 Å². The molecule has 1 fully saturated rings. The second kappa shape index (κ2) is 2.99. The van der Waals surface area contributed by atoms with Crippen LogP contribution < -0.4 is 5.73 Å². The van der Waals surface area contributed by atoms with Crippen LogP contribution in [-0.2, 0) is 4.74 Å². The van der Waals surface area contributed by atoms with Crippen LogP contribution in [0.1, 0.15) is 17.9 Å². The molecule has 1 saturated carbocycles. The first-order valence-corrected chi connectivity index (χ1v) is 4.37. The van der Waals surface area contributed by atoms with Crippen molar-refractivity contribution in [3.8, 4) is 0 Å². The van der Waals surface area contributed by atoms with E-state index in [1.807, 2.05) is 30.3 Å². The van der Waals surface area contributed by atoms with Crippen LogP contribution in [0, 0.1) is 0 Å².